The number of nitrogens with one attached hydrogen (secondary N) is 1. The lowest BCUT2D eigenvalue weighted by Crippen LogP contribution is -1.97. The molecule has 1 heterocycles. The van der Waals surface area contributed by atoms with Crippen molar-refractivity contribution in [3.05, 3.63) is 59.8 Å². The molecule has 0 aliphatic heterocycles. The first kappa shape index (κ1) is 13.5. The molecule has 0 amide bonds. The first-order valence-corrected chi connectivity index (χ1v) is 7.08. The largest absolute Gasteiger partial charge is 0.477 e. The summed E-state index contributed by atoms with van der Waals surface area (Å²) in [5.41, 5.74) is 1.37. The van der Waals surface area contributed by atoms with Gasteiger partial charge in [-0.3, -0.25) is 4.79 Å². The maximum Gasteiger partial charge on any atom is 0.353 e. The highest BCUT2D eigenvalue weighted by Gasteiger charge is 2.18. The number of carbonyl (C=O) groups is 2. The quantitative estimate of drug-likeness (QED) is 0.718. The van der Waals surface area contributed by atoms with Gasteiger partial charge in [0.15, 0.2) is 0 Å². The van der Waals surface area contributed by atoms with Crippen LogP contribution in [0.2, 0.25) is 0 Å². The van der Waals surface area contributed by atoms with Crippen molar-refractivity contribution in [3.63, 3.8) is 0 Å². The highest BCUT2D eigenvalue weighted by molar-refractivity contribution is 7.99. The van der Waals surface area contributed by atoms with Crippen LogP contribution in [0.15, 0.2) is 58.3 Å². The number of fused-ring (bicyclic) bond motifs is 1. The van der Waals surface area contributed by atoms with Gasteiger partial charge in [0.05, 0.1) is 4.90 Å². The van der Waals surface area contributed by atoms with E-state index in [0.29, 0.717) is 16.0 Å². The molecule has 2 aromatic carbocycles. The Labute approximate surface area is 124 Å². The third-order valence-electron chi connectivity index (χ3n) is 3.09. The SMILES string of the molecule is O=Cc1ccc2[nH]c(C(=O)O)c(Sc3ccccc3)c2c1. The van der Waals surface area contributed by atoms with Crippen LogP contribution in [-0.4, -0.2) is 22.3 Å². The van der Waals surface area contributed by atoms with Crippen molar-refractivity contribution in [3.8, 4) is 0 Å². The van der Waals surface area contributed by atoms with Crippen LogP contribution < -0.4 is 0 Å². The smallest absolute Gasteiger partial charge is 0.353 e. The molecule has 0 aliphatic rings. The van der Waals surface area contributed by atoms with Crippen LogP contribution in [0.25, 0.3) is 10.9 Å². The number of aromatic nitrogens is 1. The molecule has 0 aliphatic carbocycles. The van der Waals surface area contributed by atoms with Gasteiger partial charge >= 0.3 is 5.97 Å². The lowest BCUT2D eigenvalue weighted by atomic mass is 10.2. The minimum atomic E-state index is -1.02. The summed E-state index contributed by atoms with van der Waals surface area (Å²) in [5, 5.41) is 10.1. The summed E-state index contributed by atoms with van der Waals surface area (Å²) in [7, 11) is 0. The predicted molar refractivity (Wildman–Crippen MR) is 81.2 cm³/mol. The second kappa shape index (κ2) is 5.46. The Hall–Kier alpha value is -2.53. The Balaban J connectivity index is 2.19. The first-order valence-electron chi connectivity index (χ1n) is 6.26. The molecule has 1 aromatic heterocycles. The molecule has 3 rings (SSSR count). The number of carboxylic acids is 1. The second-order valence-electron chi connectivity index (χ2n) is 4.47. The van der Waals surface area contributed by atoms with Gasteiger partial charge in [-0.05, 0) is 30.3 Å². The van der Waals surface area contributed by atoms with Gasteiger partial charge in [-0.2, -0.15) is 0 Å². The van der Waals surface area contributed by atoms with Gasteiger partial charge in [-0.25, -0.2) is 4.79 Å². The van der Waals surface area contributed by atoms with Gasteiger partial charge in [0.25, 0.3) is 0 Å². The van der Waals surface area contributed by atoms with Crippen molar-refractivity contribution in [1.82, 2.24) is 4.98 Å². The third-order valence-corrected chi connectivity index (χ3v) is 4.22. The minimum Gasteiger partial charge on any atom is -0.477 e. The molecule has 3 aromatic rings. The molecule has 0 spiro atoms. The molecule has 0 atom stereocenters. The fraction of sp³-hybridized carbons (Fsp3) is 0. The van der Waals surface area contributed by atoms with Crippen LogP contribution in [0.5, 0.6) is 0 Å². The van der Waals surface area contributed by atoms with Crippen LogP contribution >= 0.6 is 11.8 Å². The Morgan fingerprint density at radius 2 is 1.90 bits per heavy atom. The van der Waals surface area contributed by atoms with Crippen molar-refractivity contribution < 1.29 is 14.7 Å². The third kappa shape index (κ3) is 2.55. The fourth-order valence-electron chi connectivity index (χ4n) is 2.12. The number of carbonyl (C=O) groups excluding carboxylic acids is 1. The van der Waals surface area contributed by atoms with E-state index in [-0.39, 0.29) is 5.69 Å². The van der Waals surface area contributed by atoms with Gasteiger partial charge in [-0.1, -0.05) is 30.0 Å². The van der Waals surface area contributed by atoms with Crippen LogP contribution in [0.1, 0.15) is 20.8 Å². The van der Waals surface area contributed by atoms with Crippen molar-refractivity contribution in [2.45, 2.75) is 9.79 Å². The molecule has 0 saturated carbocycles. The average molecular weight is 297 g/mol. The van der Waals surface area contributed by atoms with Gasteiger partial charge < -0.3 is 10.1 Å². The van der Waals surface area contributed by atoms with E-state index in [1.54, 1.807) is 18.2 Å². The van der Waals surface area contributed by atoms with E-state index in [4.69, 9.17) is 0 Å². The lowest BCUT2D eigenvalue weighted by Gasteiger charge is -2.02. The van der Waals surface area contributed by atoms with Crippen LogP contribution in [0.4, 0.5) is 0 Å². The second-order valence-corrected chi connectivity index (χ2v) is 5.56. The maximum absolute atomic E-state index is 11.4. The Morgan fingerprint density at radius 3 is 2.57 bits per heavy atom. The van der Waals surface area contributed by atoms with Crippen molar-refractivity contribution in [1.29, 1.82) is 0 Å². The number of hydrogen-bond donors (Lipinski definition) is 2. The predicted octanol–water partition coefficient (Wildman–Crippen LogP) is 3.83. The zero-order valence-corrected chi connectivity index (χ0v) is 11.7. The van der Waals surface area contributed by atoms with Crippen molar-refractivity contribution in [2.24, 2.45) is 0 Å². The number of H-pyrrole nitrogens is 1. The zero-order valence-electron chi connectivity index (χ0n) is 10.9. The maximum atomic E-state index is 11.4. The summed E-state index contributed by atoms with van der Waals surface area (Å²) in [6.07, 6.45) is 0.754. The molecule has 2 N–H and O–H groups in total. The van der Waals surface area contributed by atoms with Crippen LogP contribution in [0, 0.1) is 0 Å². The molecular weight excluding hydrogens is 286 g/mol. The van der Waals surface area contributed by atoms with E-state index in [0.717, 1.165) is 16.6 Å². The summed E-state index contributed by atoms with van der Waals surface area (Å²) in [5.74, 6) is -1.02. The number of carboxylic acid groups (broad SMARTS) is 1. The molecule has 0 saturated heterocycles. The number of hydrogen-bond acceptors (Lipinski definition) is 3. The Bertz CT molecular complexity index is 824. The number of rotatable bonds is 4. The van der Waals surface area contributed by atoms with Crippen LogP contribution in [-0.2, 0) is 0 Å². The highest BCUT2D eigenvalue weighted by atomic mass is 32.2. The molecule has 0 fully saturated rings. The molecule has 0 unspecified atom stereocenters. The molecule has 0 bridgehead atoms. The summed E-state index contributed by atoms with van der Waals surface area (Å²) in [6, 6.07) is 14.6. The summed E-state index contributed by atoms with van der Waals surface area (Å²) in [4.78, 5) is 26.8. The normalized spacial score (nSPS) is 10.7. The number of aldehydes is 1. The topological polar surface area (TPSA) is 70.2 Å². The van der Waals surface area contributed by atoms with E-state index in [2.05, 4.69) is 4.98 Å². The van der Waals surface area contributed by atoms with Crippen molar-refractivity contribution >= 4 is 34.9 Å². The van der Waals surface area contributed by atoms with Gasteiger partial charge in [0.1, 0.15) is 12.0 Å². The monoisotopic (exact) mass is 297 g/mol. The standard InChI is InChI=1S/C16H11NO3S/c18-9-10-6-7-13-12(8-10)15(14(17-13)16(19)20)21-11-4-2-1-3-5-11/h1-9,17H,(H,19,20). The van der Waals surface area contributed by atoms with E-state index in [9.17, 15) is 14.7 Å². The molecule has 104 valence electrons. The zero-order chi connectivity index (χ0) is 14.8. The molecule has 5 heteroatoms. The fourth-order valence-corrected chi connectivity index (χ4v) is 3.17. The van der Waals surface area contributed by atoms with E-state index < -0.39 is 5.97 Å². The van der Waals surface area contributed by atoms with Crippen molar-refractivity contribution in [2.75, 3.05) is 0 Å². The first-order chi connectivity index (χ1) is 10.2. The molecule has 21 heavy (non-hydrogen) atoms. The Morgan fingerprint density at radius 1 is 1.14 bits per heavy atom. The summed E-state index contributed by atoms with van der Waals surface area (Å²) >= 11 is 1.37. The molecule has 4 nitrogen and oxygen atoms in total. The Kier molecular flexibility index (Phi) is 3.50. The average Bonchev–Trinajstić information content (AvgIpc) is 2.86. The number of aromatic amines is 1. The van der Waals surface area contributed by atoms with Gasteiger partial charge in [-0.15, -0.1) is 0 Å². The van der Waals surface area contributed by atoms with E-state index in [1.165, 1.54) is 11.8 Å². The lowest BCUT2D eigenvalue weighted by molar-refractivity contribution is 0.0687. The number of benzene rings is 2. The number of aromatic carboxylic acids is 1. The van der Waals surface area contributed by atoms with E-state index >= 15 is 0 Å². The molecular formula is C16H11NO3S. The minimum absolute atomic E-state index is 0.141. The van der Waals surface area contributed by atoms with E-state index in [1.807, 2.05) is 30.3 Å². The van der Waals surface area contributed by atoms with Gasteiger partial charge in [0.2, 0.25) is 0 Å². The molecule has 0 radical (unpaired) electrons. The summed E-state index contributed by atoms with van der Waals surface area (Å²) in [6.45, 7) is 0. The highest BCUT2D eigenvalue weighted by Crippen LogP contribution is 2.36. The van der Waals surface area contributed by atoms with Crippen LogP contribution in [0.3, 0.4) is 0 Å². The summed E-state index contributed by atoms with van der Waals surface area (Å²) < 4.78 is 0. The van der Waals surface area contributed by atoms with Gasteiger partial charge in [0, 0.05) is 21.4 Å².